The SMILES string of the molecule is Cc1ccccc1CN(C)C(=O)CC1CCCN1. The van der Waals surface area contributed by atoms with E-state index in [0.29, 0.717) is 19.0 Å². The minimum atomic E-state index is 0.234. The average molecular weight is 246 g/mol. The molecule has 0 aliphatic carbocycles. The molecular formula is C15H22N2O. The Hall–Kier alpha value is -1.35. The normalized spacial score (nSPS) is 18.9. The summed E-state index contributed by atoms with van der Waals surface area (Å²) in [4.78, 5) is 13.9. The summed E-state index contributed by atoms with van der Waals surface area (Å²) in [6, 6.07) is 8.62. The number of carbonyl (C=O) groups is 1. The van der Waals surface area contributed by atoms with Gasteiger partial charge in [0.25, 0.3) is 0 Å². The van der Waals surface area contributed by atoms with Crippen LogP contribution in [0.15, 0.2) is 24.3 Å². The molecule has 1 fully saturated rings. The molecule has 0 spiro atoms. The molecule has 1 aromatic rings. The molecule has 0 radical (unpaired) electrons. The lowest BCUT2D eigenvalue weighted by molar-refractivity contribution is -0.130. The minimum absolute atomic E-state index is 0.234. The first-order valence-corrected chi connectivity index (χ1v) is 6.68. The Morgan fingerprint density at radius 3 is 2.89 bits per heavy atom. The monoisotopic (exact) mass is 246 g/mol. The fraction of sp³-hybridized carbons (Fsp3) is 0.533. The second-order valence-electron chi connectivity index (χ2n) is 5.17. The Morgan fingerprint density at radius 1 is 1.44 bits per heavy atom. The van der Waals surface area contributed by atoms with Crippen molar-refractivity contribution in [1.29, 1.82) is 0 Å². The van der Waals surface area contributed by atoms with Crippen LogP contribution in [0.4, 0.5) is 0 Å². The van der Waals surface area contributed by atoms with Crippen molar-refractivity contribution >= 4 is 5.91 Å². The summed E-state index contributed by atoms with van der Waals surface area (Å²) >= 11 is 0. The van der Waals surface area contributed by atoms with Gasteiger partial charge in [0.15, 0.2) is 0 Å². The number of benzene rings is 1. The Kier molecular flexibility index (Phi) is 4.37. The third-order valence-corrected chi connectivity index (χ3v) is 3.68. The predicted octanol–water partition coefficient (Wildman–Crippen LogP) is 2.10. The average Bonchev–Trinajstić information content (AvgIpc) is 2.84. The van der Waals surface area contributed by atoms with Crippen LogP contribution in [0, 0.1) is 6.92 Å². The van der Waals surface area contributed by atoms with Gasteiger partial charge in [0, 0.05) is 26.1 Å². The van der Waals surface area contributed by atoms with Crippen molar-refractivity contribution in [3.8, 4) is 0 Å². The maximum absolute atomic E-state index is 12.1. The van der Waals surface area contributed by atoms with Gasteiger partial charge in [-0.2, -0.15) is 0 Å². The van der Waals surface area contributed by atoms with Crippen LogP contribution in [-0.4, -0.2) is 30.4 Å². The molecule has 0 saturated carbocycles. The van der Waals surface area contributed by atoms with Crippen LogP contribution in [0.25, 0.3) is 0 Å². The van der Waals surface area contributed by atoms with Crippen LogP contribution in [0.5, 0.6) is 0 Å². The van der Waals surface area contributed by atoms with E-state index in [1.165, 1.54) is 17.5 Å². The fourth-order valence-corrected chi connectivity index (χ4v) is 2.43. The van der Waals surface area contributed by atoms with Gasteiger partial charge in [-0.1, -0.05) is 24.3 Å². The van der Waals surface area contributed by atoms with E-state index in [2.05, 4.69) is 24.4 Å². The Labute approximate surface area is 109 Å². The first-order valence-electron chi connectivity index (χ1n) is 6.68. The van der Waals surface area contributed by atoms with Gasteiger partial charge in [-0.3, -0.25) is 4.79 Å². The third-order valence-electron chi connectivity index (χ3n) is 3.68. The van der Waals surface area contributed by atoms with E-state index in [1.54, 1.807) is 0 Å². The number of nitrogens with one attached hydrogen (secondary N) is 1. The van der Waals surface area contributed by atoms with E-state index in [-0.39, 0.29) is 5.91 Å². The molecule has 3 heteroatoms. The van der Waals surface area contributed by atoms with Crippen molar-refractivity contribution in [2.24, 2.45) is 0 Å². The molecule has 1 aromatic carbocycles. The zero-order valence-corrected chi connectivity index (χ0v) is 11.3. The Bertz CT molecular complexity index is 411. The van der Waals surface area contributed by atoms with E-state index >= 15 is 0 Å². The molecule has 1 aliphatic rings. The highest BCUT2D eigenvalue weighted by atomic mass is 16.2. The van der Waals surface area contributed by atoms with E-state index in [1.807, 2.05) is 24.1 Å². The summed E-state index contributed by atoms with van der Waals surface area (Å²) in [7, 11) is 1.89. The van der Waals surface area contributed by atoms with Gasteiger partial charge < -0.3 is 10.2 Å². The molecule has 18 heavy (non-hydrogen) atoms. The van der Waals surface area contributed by atoms with Gasteiger partial charge in [-0.05, 0) is 37.4 Å². The molecule has 1 heterocycles. The minimum Gasteiger partial charge on any atom is -0.341 e. The highest BCUT2D eigenvalue weighted by molar-refractivity contribution is 5.76. The van der Waals surface area contributed by atoms with Crippen LogP contribution in [-0.2, 0) is 11.3 Å². The largest absolute Gasteiger partial charge is 0.341 e. The highest BCUT2D eigenvalue weighted by Crippen LogP contribution is 2.13. The van der Waals surface area contributed by atoms with Gasteiger partial charge in [0.2, 0.25) is 5.91 Å². The first kappa shape index (κ1) is 13.1. The first-order chi connectivity index (χ1) is 8.66. The van der Waals surface area contributed by atoms with Crippen LogP contribution in [0.3, 0.4) is 0 Å². The van der Waals surface area contributed by atoms with Gasteiger partial charge in [-0.15, -0.1) is 0 Å². The van der Waals surface area contributed by atoms with E-state index in [9.17, 15) is 4.79 Å². The maximum Gasteiger partial charge on any atom is 0.224 e. The molecule has 1 aliphatic heterocycles. The molecule has 3 nitrogen and oxygen atoms in total. The highest BCUT2D eigenvalue weighted by Gasteiger charge is 2.19. The molecule has 2 rings (SSSR count). The smallest absolute Gasteiger partial charge is 0.224 e. The maximum atomic E-state index is 12.1. The molecule has 1 unspecified atom stereocenters. The van der Waals surface area contributed by atoms with Crippen molar-refractivity contribution in [3.05, 3.63) is 35.4 Å². The Morgan fingerprint density at radius 2 is 2.22 bits per heavy atom. The van der Waals surface area contributed by atoms with Crippen molar-refractivity contribution < 1.29 is 4.79 Å². The molecule has 1 amide bonds. The number of nitrogens with zero attached hydrogens (tertiary/aromatic N) is 1. The number of rotatable bonds is 4. The summed E-state index contributed by atoms with van der Waals surface area (Å²) in [5.74, 6) is 0.234. The lowest BCUT2D eigenvalue weighted by Crippen LogP contribution is -2.33. The number of hydrogen-bond acceptors (Lipinski definition) is 2. The zero-order chi connectivity index (χ0) is 13.0. The number of amides is 1. The van der Waals surface area contributed by atoms with Gasteiger partial charge in [-0.25, -0.2) is 0 Å². The summed E-state index contributed by atoms with van der Waals surface area (Å²) in [6.07, 6.45) is 2.95. The van der Waals surface area contributed by atoms with Gasteiger partial charge >= 0.3 is 0 Å². The number of hydrogen-bond donors (Lipinski definition) is 1. The van der Waals surface area contributed by atoms with Crippen LogP contribution in [0.2, 0.25) is 0 Å². The van der Waals surface area contributed by atoms with Crippen molar-refractivity contribution in [2.45, 2.75) is 38.8 Å². The van der Waals surface area contributed by atoms with Crippen LogP contribution < -0.4 is 5.32 Å². The summed E-state index contributed by atoms with van der Waals surface area (Å²) in [6.45, 7) is 3.85. The van der Waals surface area contributed by atoms with Crippen LogP contribution >= 0.6 is 0 Å². The molecule has 1 N–H and O–H groups in total. The summed E-state index contributed by atoms with van der Waals surface area (Å²) < 4.78 is 0. The fourth-order valence-electron chi connectivity index (χ4n) is 2.43. The Balaban J connectivity index is 1.89. The topological polar surface area (TPSA) is 32.3 Å². The molecule has 98 valence electrons. The second kappa shape index (κ2) is 6.01. The van der Waals surface area contributed by atoms with Crippen molar-refractivity contribution in [2.75, 3.05) is 13.6 Å². The van der Waals surface area contributed by atoms with Crippen molar-refractivity contribution in [1.82, 2.24) is 10.2 Å². The van der Waals surface area contributed by atoms with Gasteiger partial charge in [0.05, 0.1) is 0 Å². The quantitative estimate of drug-likeness (QED) is 0.882. The lowest BCUT2D eigenvalue weighted by Gasteiger charge is -2.20. The predicted molar refractivity (Wildman–Crippen MR) is 73.3 cm³/mol. The zero-order valence-electron chi connectivity index (χ0n) is 11.3. The molecule has 1 saturated heterocycles. The third kappa shape index (κ3) is 3.33. The molecule has 0 aromatic heterocycles. The number of aryl methyl sites for hydroxylation is 1. The molecule has 0 bridgehead atoms. The molecular weight excluding hydrogens is 224 g/mol. The van der Waals surface area contributed by atoms with Crippen molar-refractivity contribution in [3.63, 3.8) is 0 Å². The number of carbonyl (C=O) groups excluding carboxylic acids is 1. The standard InChI is InChI=1S/C15H22N2O/c1-12-6-3-4-7-13(12)11-17(2)15(18)10-14-8-5-9-16-14/h3-4,6-7,14,16H,5,8-11H2,1-2H3. The van der Waals surface area contributed by atoms with E-state index < -0.39 is 0 Å². The van der Waals surface area contributed by atoms with E-state index in [0.717, 1.165) is 13.0 Å². The lowest BCUT2D eigenvalue weighted by atomic mass is 10.1. The van der Waals surface area contributed by atoms with Crippen LogP contribution in [0.1, 0.15) is 30.4 Å². The van der Waals surface area contributed by atoms with Gasteiger partial charge in [0.1, 0.15) is 0 Å². The second-order valence-corrected chi connectivity index (χ2v) is 5.17. The summed E-state index contributed by atoms with van der Waals surface area (Å²) in [5, 5.41) is 3.37. The molecule has 1 atom stereocenters. The van der Waals surface area contributed by atoms with E-state index in [4.69, 9.17) is 0 Å². The summed E-state index contributed by atoms with van der Waals surface area (Å²) in [5.41, 5.74) is 2.48.